The van der Waals surface area contributed by atoms with Crippen molar-refractivity contribution in [3.8, 4) is 0 Å². The first-order chi connectivity index (χ1) is 8.95. The van der Waals surface area contributed by atoms with E-state index in [9.17, 15) is 0 Å². The smallest absolute Gasteiger partial charge is 0.0954 e. The minimum absolute atomic E-state index is 0.0878. The molecule has 0 bridgehead atoms. The lowest BCUT2D eigenvalue weighted by Crippen LogP contribution is -2.36. The van der Waals surface area contributed by atoms with Crippen LogP contribution in [0.5, 0.6) is 0 Å². The Morgan fingerprint density at radius 2 is 1.84 bits per heavy atom. The monoisotopic (exact) mass is 257 g/mol. The molecular weight excluding hydrogens is 234 g/mol. The van der Waals surface area contributed by atoms with Crippen molar-refractivity contribution in [3.05, 3.63) is 53.6 Å². The van der Waals surface area contributed by atoms with E-state index in [1.165, 1.54) is 16.8 Å². The molecule has 0 fully saturated rings. The topological polar surface area (TPSA) is 29.9 Å². The summed E-state index contributed by atoms with van der Waals surface area (Å²) in [6, 6.07) is 8.98. The maximum atomic E-state index is 4.32. The van der Waals surface area contributed by atoms with Crippen LogP contribution in [0, 0.1) is 6.92 Å². The molecule has 0 aliphatic heterocycles. The predicted molar refractivity (Wildman–Crippen MR) is 79.3 cm³/mol. The van der Waals surface area contributed by atoms with Crippen molar-refractivity contribution in [1.82, 2.24) is 14.9 Å². The van der Waals surface area contributed by atoms with Crippen LogP contribution in [0.25, 0.3) is 0 Å². The third kappa shape index (κ3) is 2.71. The lowest BCUT2D eigenvalue weighted by atomic mass is 9.99. The zero-order valence-electron chi connectivity index (χ0n) is 12.4. The summed E-state index contributed by atoms with van der Waals surface area (Å²) in [4.78, 5) is 4.32. The second-order valence-electron chi connectivity index (χ2n) is 5.65. The van der Waals surface area contributed by atoms with Crippen LogP contribution in [0.4, 0.5) is 0 Å². The van der Waals surface area contributed by atoms with Crippen LogP contribution >= 0.6 is 0 Å². The second-order valence-corrected chi connectivity index (χ2v) is 5.65. The summed E-state index contributed by atoms with van der Waals surface area (Å²) in [5.74, 6) is 0. The number of aromatic nitrogens is 2. The average molecular weight is 257 g/mol. The van der Waals surface area contributed by atoms with Gasteiger partial charge < -0.3 is 9.88 Å². The molecule has 0 spiro atoms. The summed E-state index contributed by atoms with van der Waals surface area (Å²) in [7, 11) is 1.98. The predicted octanol–water partition coefficient (Wildman–Crippen LogP) is 3.26. The van der Waals surface area contributed by atoms with E-state index in [0.29, 0.717) is 0 Å². The molecule has 0 radical (unpaired) electrons. The van der Waals surface area contributed by atoms with Crippen molar-refractivity contribution >= 4 is 0 Å². The van der Waals surface area contributed by atoms with Gasteiger partial charge in [-0.1, -0.05) is 29.8 Å². The van der Waals surface area contributed by atoms with E-state index < -0.39 is 0 Å². The van der Waals surface area contributed by atoms with Crippen molar-refractivity contribution in [2.75, 3.05) is 7.05 Å². The zero-order valence-corrected chi connectivity index (χ0v) is 12.4. The van der Waals surface area contributed by atoms with Crippen LogP contribution in [0.3, 0.4) is 0 Å². The SMILES string of the molecule is CNC(C)(C)c1cncn1C(C)c1ccc(C)cc1. The Morgan fingerprint density at radius 3 is 2.42 bits per heavy atom. The van der Waals surface area contributed by atoms with Gasteiger partial charge in [0.25, 0.3) is 0 Å². The normalized spacial score (nSPS) is 13.5. The first-order valence-corrected chi connectivity index (χ1v) is 6.73. The van der Waals surface area contributed by atoms with E-state index in [1.54, 1.807) is 0 Å². The molecule has 1 heterocycles. The molecule has 3 heteroatoms. The number of hydrogen-bond donors (Lipinski definition) is 1. The van der Waals surface area contributed by atoms with Gasteiger partial charge in [-0.15, -0.1) is 0 Å². The highest BCUT2D eigenvalue weighted by molar-refractivity contribution is 5.26. The summed E-state index contributed by atoms with van der Waals surface area (Å²) < 4.78 is 2.24. The fraction of sp³-hybridized carbons (Fsp3) is 0.438. The van der Waals surface area contributed by atoms with Crippen LogP contribution < -0.4 is 5.32 Å². The van der Waals surface area contributed by atoms with Gasteiger partial charge in [0, 0.05) is 0 Å². The Labute approximate surface area is 115 Å². The van der Waals surface area contributed by atoms with Crippen molar-refractivity contribution in [3.63, 3.8) is 0 Å². The van der Waals surface area contributed by atoms with E-state index in [2.05, 4.69) is 66.8 Å². The number of imidazole rings is 1. The van der Waals surface area contributed by atoms with Crippen molar-refractivity contribution in [2.45, 2.75) is 39.3 Å². The Bertz CT molecular complexity index is 537. The molecule has 1 atom stereocenters. The number of nitrogens with one attached hydrogen (secondary N) is 1. The number of nitrogens with zero attached hydrogens (tertiary/aromatic N) is 2. The summed E-state index contributed by atoms with van der Waals surface area (Å²) in [6.07, 6.45) is 3.86. The molecule has 0 aliphatic carbocycles. The minimum atomic E-state index is -0.0878. The number of benzene rings is 1. The maximum Gasteiger partial charge on any atom is 0.0954 e. The van der Waals surface area contributed by atoms with Gasteiger partial charge in [0.15, 0.2) is 0 Å². The van der Waals surface area contributed by atoms with Gasteiger partial charge in [0.05, 0.1) is 29.8 Å². The lowest BCUT2D eigenvalue weighted by Gasteiger charge is -2.28. The van der Waals surface area contributed by atoms with Gasteiger partial charge in [-0.3, -0.25) is 0 Å². The molecule has 0 saturated heterocycles. The van der Waals surface area contributed by atoms with E-state index in [0.717, 1.165) is 0 Å². The molecule has 3 nitrogen and oxygen atoms in total. The molecular formula is C16H23N3. The fourth-order valence-corrected chi connectivity index (χ4v) is 2.23. The van der Waals surface area contributed by atoms with Crippen molar-refractivity contribution < 1.29 is 0 Å². The standard InChI is InChI=1S/C16H23N3/c1-12-6-8-14(9-7-12)13(2)19-11-18-10-15(19)16(3,4)17-5/h6-11,13,17H,1-5H3. The third-order valence-electron chi connectivity index (χ3n) is 3.91. The summed E-state index contributed by atoms with van der Waals surface area (Å²) in [5.41, 5.74) is 3.70. The molecule has 1 aromatic carbocycles. The van der Waals surface area contributed by atoms with Crippen LogP contribution in [0.15, 0.2) is 36.8 Å². The van der Waals surface area contributed by atoms with Gasteiger partial charge in [-0.05, 0) is 40.3 Å². The highest BCUT2D eigenvalue weighted by Crippen LogP contribution is 2.26. The van der Waals surface area contributed by atoms with Crippen molar-refractivity contribution in [1.29, 1.82) is 0 Å². The number of aryl methyl sites for hydroxylation is 1. The largest absolute Gasteiger partial charge is 0.326 e. The molecule has 0 aliphatic rings. The molecule has 1 N–H and O–H groups in total. The van der Waals surface area contributed by atoms with Gasteiger partial charge in [-0.25, -0.2) is 4.98 Å². The molecule has 1 aromatic heterocycles. The lowest BCUT2D eigenvalue weighted by molar-refractivity contribution is 0.401. The van der Waals surface area contributed by atoms with Crippen LogP contribution in [-0.2, 0) is 5.54 Å². The Kier molecular flexibility index (Phi) is 3.76. The third-order valence-corrected chi connectivity index (χ3v) is 3.91. The molecule has 0 amide bonds. The highest BCUT2D eigenvalue weighted by Gasteiger charge is 2.24. The molecule has 1 unspecified atom stereocenters. The molecule has 2 aromatic rings. The average Bonchev–Trinajstić information content (AvgIpc) is 2.89. The summed E-state index contributed by atoms with van der Waals surface area (Å²) >= 11 is 0. The first kappa shape index (κ1) is 13.8. The Hall–Kier alpha value is -1.61. The number of rotatable bonds is 4. The zero-order chi connectivity index (χ0) is 14.0. The van der Waals surface area contributed by atoms with E-state index in [1.807, 2.05) is 19.6 Å². The molecule has 19 heavy (non-hydrogen) atoms. The van der Waals surface area contributed by atoms with Gasteiger partial charge in [0.1, 0.15) is 0 Å². The van der Waals surface area contributed by atoms with Gasteiger partial charge in [-0.2, -0.15) is 0 Å². The quantitative estimate of drug-likeness (QED) is 0.911. The Balaban J connectivity index is 2.37. The number of hydrogen-bond acceptors (Lipinski definition) is 2. The molecule has 2 rings (SSSR count). The second kappa shape index (κ2) is 5.17. The van der Waals surface area contributed by atoms with Crippen molar-refractivity contribution in [2.24, 2.45) is 0 Å². The van der Waals surface area contributed by atoms with E-state index >= 15 is 0 Å². The fourth-order valence-electron chi connectivity index (χ4n) is 2.23. The van der Waals surface area contributed by atoms with Gasteiger partial charge >= 0.3 is 0 Å². The summed E-state index contributed by atoms with van der Waals surface area (Å²) in [6.45, 7) is 8.66. The summed E-state index contributed by atoms with van der Waals surface area (Å²) in [5, 5.41) is 3.34. The maximum absolute atomic E-state index is 4.32. The van der Waals surface area contributed by atoms with E-state index in [-0.39, 0.29) is 11.6 Å². The first-order valence-electron chi connectivity index (χ1n) is 6.73. The molecule has 0 saturated carbocycles. The Morgan fingerprint density at radius 1 is 1.21 bits per heavy atom. The van der Waals surface area contributed by atoms with E-state index in [4.69, 9.17) is 0 Å². The molecule has 102 valence electrons. The van der Waals surface area contributed by atoms with Crippen LogP contribution in [-0.4, -0.2) is 16.6 Å². The van der Waals surface area contributed by atoms with Crippen LogP contribution in [0.2, 0.25) is 0 Å². The van der Waals surface area contributed by atoms with Gasteiger partial charge in [0.2, 0.25) is 0 Å². The van der Waals surface area contributed by atoms with Crippen LogP contribution in [0.1, 0.15) is 43.6 Å². The highest BCUT2D eigenvalue weighted by atomic mass is 15.1. The minimum Gasteiger partial charge on any atom is -0.326 e.